The van der Waals surface area contributed by atoms with E-state index in [0.717, 1.165) is 5.56 Å². The molecular weight excluding hydrogens is 312 g/mol. The smallest absolute Gasteiger partial charge is 0.356 e. The van der Waals surface area contributed by atoms with Crippen molar-refractivity contribution in [3.05, 3.63) is 54.9 Å². The lowest BCUT2D eigenvalue weighted by Gasteiger charge is -2.24. The van der Waals surface area contributed by atoms with Crippen molar-refractivity contribution >= 4 is 5.97 Å². The second-order valence-corrected chi connectivity index (χ2v) is 5.05. The highest BCUT2D eigenvalue weighted by atomic mass is 16.6. The maximum absolute atomic E-state index is 12.2. The molecule has 2 aromatic carbocycles. The van der Waals surface area contributed by atoms with E-state index >= 15 is 0 Å². The number of para-hydroxylation sites is 2. The Hall–Kier alpha value is -3.35. The van der Waals surface area contributed by atoms with Crippen LogP contribution in [0.2, 0.25) is 0 Å². The third-order valence-corrected chi connectivity index (χ3v) is 3.45. The predicted molar refractivity (Wildman–Crippen MR) is 81.7 cm³/mol. The third-order valence-electron chi connectivity index (χ3n) is 3.45. The number of benzene rings is 2. The minimum absolute atomic E-state index is 0.107. The van der Waals surface area contributed by atoms with Crippen molar-refractivity contribution in [2.24, 2.45) is 0 Å². The molecule has 0 saturated carbocycles. The standard InChI is InChI=1S/C17H12N2O5/c20-17(15-9-21-13-3-1-2-4-14(13)24-15)23-12-7-5-11(6-8-12)16-19-18-10-22-16/h1-8,10,15H,9H2. The minimum atomic E-state index is -0.810. The van der Waals surface area contributed by atoms with Gasteiger partial charge in [-0.05, 0) is 36.4 Å². The average molecular weight is 324 g/mol. The zero-order valence-corrected chi connectivity index (χ0v) is 12.4. The molecule has 2 heterocycles. The number of nitrogens with zero attached hydrogens (tertiary/aromatic N) is 2. The molecule has 24 heavy (non-hydrogen) atoms. The molecule has 0 N–H and O–H groups in total. The summed E-state index contributed by atoms with van der Waals surface area (Å²) in [6, 6.07) is 13.9. The van der Waals surface area contributed by atoms with Crippen LogP contribution < -0.4 is 14.2 Å². The molecule has 0 saturated heterocycles. The number of ether oxygens (including phenoxy) is 3. The molecule has 3 aromatic rings. The van der Waals surface area contributed by atoms with Crippen molar-refractivity contribution in [2.75, 3.05) is 6.61 Å². The summed E-state index contributed by atoms with van der Waals surface area (Å²) in [5.41, 5.74) is 0.735. The van der Waals surface area contributed by atoms with E-state index in [1.165, 1.54) is 6.39 Å². The van der Waals surface area contributed by atoms with E-state index in [1.807, 2.05) is 12.1 Å². The molecule has 1 unspecified atom stereocenters. The molecule has 1 aromatic heterocycles. The lowest BCUT2D eigenvalue weighted by atomic mass is 10.2. The van der Waals surface area contributed by atoms with Crippen LogP contribution in [0.5, 0.6) is 17.2 Å². The van der Waals surface area contributed by atoms with Gasteiger partial charge in [-0.3, -0.25) is 0 Å². The zero-order chi connectivity index (χ0) is 16.4. The highest BCUT2D eigenvalue weighted by Crippen LogP contribution is 2.31. The Kier molecular flexibility index (Phi) is 3.59. The van der Waals surface area contributed by atoms with Crippen molar-refractivity contribution in [2.45, 2.75) is 6.10 Å². The van der Waals surface area contributed by atoms with E-state index < -0.39 is 12.1 Å². The van der Waals surface area contributed by atoms with Crippen molar-refractivity contribution in [1.29, 1.82) is 0 Å². The Labute approximate surface area is 136 Å². The number of fused-ring (bicyclic) bond motifs is 1. The van der Waals surface area contributed by atoms with Gasteiger partial charge in [0.05, 0.1) is 0 Å². The molecule has 0 spiro atoms. The van der Waals surface area contributed by atoms with Gasteiger partial charge in [0.25, 0.3) is 0 Å². The minimum Gasteiger partial charge on any atom is -0.485 e. The first kappa shape index (κ1) is 14.3. The molecule has 0 bridgehead atoms. The Bertz CT molecular complexity index is 846. The maximum atomic E-state index is 12.2. The average Bonchev–Trinajstić information content (AvgIpc) is 3.16. The largest absolute Gasteiger partial charge is 0.485 e. The molecule has 0 amide bonds. The van der Waals surface area contributed by atoms with Gasteiger partial charge in [0, 0.05) is 5.56 Å². The van der Waals surface area contributed by atoms with Crippen LogP contribution in [-0.2, 0) is 4.79 Å². The summed E-state index contributed by atoms with van der Waals surface area (Å²) in [6.07, 6.45) is 0.442. The van der Waals surface area contributed by atoms with Crippen molar-refractivity contribution in [3.63, 3.8) is 0 Å². The first-order valence-corrected chi connectivity index (χ1v) is 7.26. The summed E-state index contributed by atoms with van der Waals surface area (Å²) in [7, 11) is 0. The summed E-state index contributed by atoms with van der Waals surface area (Å²) in [4.78, 5) is 12.2. The highest BCUT2D eigenvalue weighted by Gasteiger charge is 2.29. The van der Waals surface area contributed by atoms with Gasteiger partial charge in [0.1, 0.15) is 12.4 Å². The van der Waals surface area contributed by atoms with Gasteiger partial charge in [0.2, 0.25) is 18.4 Å². The molecule has 4 rings (SSSR count). The first-order valence-electron chi connectivity index (χ1n) is 7.26. The maximum Gasteiger partial charge on any atom is 0.356 e. The molecule has 7 nitrogen and oxygen atoms in total. The molecule has 1 atom stereocenters. The van der Waals surface area contributed by atoms with Gasteiger partial charge < -0.3 is 18.6 Å². The second kappa shape index (κ2) is 6.04. The molecular formula is C17H12N2O5. The number of carbonyl (C=O) groups is 1. The van der Waals surface area contributed by atoms with Crippen molar-refractivity contribution < 1.29 is 23.4 Å². The summed E-state index contributed by atoms with van der Waals surface area (Å²) in [5, 5.41) is 7.43. The van der Waals surface area contributed by atoms with Gasteiger partial charge in [-0.2, -0.15) is 0 Å². The van der Waals surface area contributed by atoms with E-state index in [9.17, 15) is 4.79 Å². The Morgan fingerprint density at radius 1 is 1.08 bits per heavy atom. The monoisotopic (exact) mass is 324 g/mol. The van der Waals surface area contributed by atoms with Crippen molar-refractivity contribution in [1.82, 2.24) is 10.2 Å². The molecule has 1 aliphatic heterocycles. The predicted octanol–water partition coefficient (Wildman–Crippen LogP) is 2.48. The number of carbonyl (C=O) groups excluding carboxylic acids is 1. The molecule has 0 radical (unpaired) electrons. The fourth-order valence-corrected chi connectivity index (χ4v) is 2.28. The summed E-state index contributed by atoms with van der Waals surface area (Å²) in [5.74, 6) is 1.41. The van der Waals surface area contributed by atoms with Crippen LogP contribution in [0.25, 0.3) is 11.5 Å². The van der Waals surface area contributed by atoms with Crippen LogP contribution in [0.3, 0.4) is 0 Å². The fraction of sp³-hybridized carbons (Fsp3) is 0.118. The summed E-state index contributed by atoms with van der Waals surface area (Å²) in [6.45, 7) is 0.107. The Morgan fingerprint density at radius 3 is 2.62 bits per heavy atom. The van der Waals surface area contributed by atoms with Gasteiger partial charge in [-0.15, -0.1) is 10.2 Å². The SMILES string of the molecule is O=C(Oc1ccc(-c2nnco2)cc1)C1COc2ccccc2O1. The van der Waals surface area contributed by atoms with Crippen LogP contribution in [0, 0.1) is 0 Å². The van der Waals surface area contributed by atoms with Gasteiger partial charge in [0.15, 0.2) is 11.5 Å². The third kappa shape index (κ3) is 2.79. The molecule has 0 fully saturated rings. The first-order chi connectivity index (χ1) is 11.8. The van der Waals surface area contributed by atoms with Crippen LogP contribution >= 0.6 is 0 Å². The van der Waals surface area contributed by atoms with Gasteiger partial charge in [-0.25, -0.2) is 4.79 Å². The van der Waals surface area contributed by atoms with Crippen LogP contribution in [-0.4, -0.2) is 28.9 Å². The normalized spacial score (nSPS) is 15.8. The zero-order valence-electron chi connectivity index (χ0n) is 12.4. The van der Waals surface area contributed by atoms with Crippen LogP contribution in [0.1, 0.15) is 0 Å². The quantitative estimate of drug-likeness (QED) is 0.540. The number of hydrogen-bond donors (Lipinski definition) is 0. The van der Waals surface area contributed by atoms with E-state index in [-0.39, 0.29) is 6.61 Å². The summed E-state index contributed by atoms with van der Waals surface area (Å²) >= 11 is 0. The molecule has 7 heteroatoms. The number of esters is 1. The molecule has 0 aliphatic carbocycles. The van der Waals surface area contributed by atoms with Crippen molar-refractivity contribution in [3.8, 4) is 28.7 Å². The number of aromatic nitrogens is 2. The number of hydrogen-bond acceptors (Lipinski definition) is 7. The molecule has 120 valence electrons. The van der Waals surface area contributed by atoms with Crippen LogP contribution in [0.4, 0.5) is 0 Å². The lowest BCUT2D eigenvalue weighted by Crippen LogP contribution is -2.39. The van der Waals surface area contributed by atoms with Crippen LogP contribution in [0.15, 0.2) is 59.3 Å². The topological polar surface area (TPSA) is 83.7 Å². The van der Waals surface area contributed by atoms with E-state index in [2.05, 4.69) is 10.2 Å². The van der Waals surface area contributed by atoms with E-state index in [0.29, 0.717) is 23.1 Å². The molecule has 1 aliphatic rings. The Balaban J connectivity index is 1.43. The fourth-order valence-electron chi connectivity index (χ4n) is 2.28. The van der Waals surface area contributed by atoms with Gasteiger partial charge >= 0.3 is 5.97 Å². The van der Waals surface area contributed by atoms with E-state index in [4.69, 9.17) is 18.6 Å². The Morgan fingerprint density at radius 2 is 1.88 bits per heavy atom. The van der Waals surface area contributed by atoms with E-state index in [1.54, 1.807) is 36.4 Å². The number of rotatable bonds is 3. The second-order valence-electron chi connectivity index (χ2n) is 5.05. The lowest BCUT2D eigenvalue weighted by molar-refractivity contribution is -0.144. The summed E-state index contributed by atoms with van der Waals surface area (Å²) < 4.78 is 21.6. The van der Waals surface area contributed by atoms with Gasteiger partial charge in [-0.1, -0.05) is 12.1 Å². The highest BCUT2D eigenvalue weighted by molar-refractivity contribution is 5.78.